The lowest BCUT2D eigenvalue weighted by Gasteiger charge is -2.14. The maximum atomic E-state index is 13.5. The lowest BCUT2D eigenvalue weighted by molar-refractivity contribution is 0.686. The molecule has 0 amide bonds. The Hall–Kier alpha value is -4.19. The Labute approximate surface area is 171 Å². The van der Waals surface area contributed by atoms with Crippen LogP contribution in [-0.2, 0) is 6.54 Å². The minimum atomic E-state index is -0.454. The molecular weight excluding hydrogens is 376 g/mol. The van der Waals surface area contributed by atoms with Gasteiger partial charge < -0.3 is 5.73 Å². The number of aromatic nitrogens is 3. The standard InChI is InChI=1S/C24H18N4O2/c25-21-14-13-20-22(26-21)28(18-10-2-1-3-11-18)24(30)27(23(20)29)15-17-9-6-8-16-7-4-5-12-19(16)17/h1-14H,15H2,(H2,25,26). The summed E-state index contributed by atoms with van der Waals surface area (Å²) in [5.74, 6) is 0.248. The first-order chi connectivity index (χ1) is 14.6. The van der Waals surface area contributed by atoms with Gasteiger partial charge in [-0.25, -0.2) is 14.3 Å². The van der Waals surface area contributed by atoms with Gasteiger partial charge in [0.1, 0.15) is 5.82 Å². The summed E-state index contributed by atoms with van der Waals surface area (Å²) in [4.78, 5) is 31.1. The monoisotopic (exact) mass is 394 g/mol. The second kappa shape index (κ2) is 7.00. The summed E-state index contributed by atoms with van der Waals surface area (Å²) in [5.41, 5.74) is 6.79. The number of pyridine rings is 1. The van der Waals surface area contributed by atoms with Crippen molar-refractivity contribution < 1.29 is 0 Å². The summed E-state index contributed by atoms with van der Waals surface area (Å²) in [6.45, 7) is 0.159. The lowest BCUT2D eigenvalue weighted by atomic mass is 10.0. The number of nitrogens with zero attached hydrogens (tertiary/aromatic N) is 3. The van der Waals surface area contributed by atoms with Crippen LogP contribution in [0.4, 0.5) is 5.82 Å². The zero-order valence-electron chi connectivity index (χ0n) is 16.0. The van der Waals surface area contributed by atoms with Crippen molar-refractivity contribution in [1.29, 1.82) is 0 Å². The van der Waals surface area contributed by atoms with Gasteiger partial charge in [-0.15, -0.1) is 0 Å². The maximum Gasteiger partial charge on any atom is 0.337 e. The molecule has 0 aliphatic rings. The van der Waals surface area contributed by atoms with Gasteiger partial charge in [0.15, 0.2) is 5.65 Å². The van der Waals surface area contributed by atoms with Gasteiger partial charge in [-0.05, 0) is 40.6 Å². The van der Waals surface area contributed by atoms with E-state index in [-0.39, 0.29) is 23.6 Å². The average Bonchev–Trinajstić information content (AvgIpc) is 2.77. The fraction of sp³-hybridized carbons (Fsp3) is 0.0417. The number of hydrogen-bond donors (Lipinski definition) is 1. The van der Waals surface area contributed by atoms with Crippen LogP contribution in [0.5, 0.6) is 0 Å². The molecule has 0 bridgehead atoms. The van der Waals surface area contributed by atoms with Crippen LogP contribution < -0.4 is 17.0 Å². The highest BCUT2D eigenvalue weighted by Crippen LogP contribution is 2.19. The molecule has 0 saturated heterocycles. The highest BCUT2D eigenvalue weighted by Gasteiger charge is 2.16. The molecule has 30 heavy (non-hydrogen) atoms. The molecule has 0 fully saturated rings. The lowest BCUT2D eigenvalue weighted by Crippen LogP contribution is -2.40. The van der Waals surface area contributed by atoms with E-state index in [4.69, 9.17) is 5.73 Å². The summed E-state index contributed by atoms with van der Waals surface area (Å²) in [6, 6.07) is 26.1. The largest absolute Gasteiger partial charge is 0.384 e. The molecular formula is C24H18N4O2. The molecule has 3 aromatic carbocycles. The van der Waals surface area contributed by atoms with E-state index < -0.39 is 5.69 Å². The molecule has 146 valence electrons. The molecule has 2 heterocycles. The normalized spacial score (nSPS) is 11.2. The van der Waals surface area contributed by atoms with Crippen molar-refractivity contribution in [2.24, 2.45) is 0 Å². The molecule has 6 nitrogen and oxygen atoms in total. The third kappa shape index (κ3) is 2.86. The molecule has 0 atom stereocenters. The Kier molecular flexibility index (Phi) is 4.17. The quantitative estimate of drug-likeness (QED) is 0.509. The van der Waals surface area contributed by atoms with Crippen molar-refractivity contribution in [3.8, 4) is 5.69 Å². The van der Waals surface area contributed by atoms with E-state index in [2.05, 4.69) is 4.98 Å². The van der Waals surface area contributed by atoms with Gasteiger partial charge in [-0.2, -0.15) is 0 Å². The number of benzene rings is 3. The highest BCUT2D eigenvalue weighted by molar-refractivity contribution is 5.85. The number of nitrogens with two attached hydrogens (primary N) is 1. The van der Waals surface area contributed by atoms with Gasteiger partial charge >= 0.3 is 5.69 Å². The summed E-state index contributed by atoms with van der Waals surface area (Å²) in [7, 11) is 0. The van der Waals surface area contributed by atoms with Crippen molar-refractivity contribution in [2.75, 3.05) is 5.73 Å². The van der Waals surface area contributed by atoms with E-state index in [1.165, 1.54) is 9.13 Å². The Morgan fingerprint density at radius 2 is 1.50 bits per heavy atom. The van der Waals surface area contributed by atoms with Crippen LogP contribution in [0.2, 0.25) is 0 Å². The van der Waals surface area contributed by atoms with Gasteiger partial charge in [0, 0.05) is 0 Å². The van der Waals surface area contributed by atoms with Crippen LogP contribution in [-0.4, -0.2) is 14.1 Å². The second-order valence-electron chi connectivity index (χ2n) is 7.09. The van der Waals surface area contributed by atoms with Gasteiger partial charge in [0.2, 0.25) is 0 Å². The van der Waals surface area contributed by atoms with Crippen LogP contribution in [0.25, 0.3) is 27.5 Å². The number of anilines is 1. The first-order valence-electron chi connectivity index (χ1n) is 9.57. The molecule has 0 aliphatic heterocycles. The molecule has 0 unspecified atom stereocenters. The van der Waals surface area contributed by atoms with Crippen LogP contribution in [0.15, 0.2) is 94.5 Å². The zero-order chi connectivity index (χ0) is 20.7. The van der Waals surface area contributed by atoms with E-state index in [1.54, 1.807) is 24.3 Å². The van der Waals surface area contributed by atoms with E-state index in [0.717, 1.165) is 16.3 Å². The van der Waals surface area contributed by atoms with Crippen molar-refractivity contribution in [2.45, 2.75) is 6.54 Å². The number of hydrogen-bond acceptors (Lipinski definition) is 4. The maximum absolute atomic E-state index is 13.5. The third-order valence-corrected chi connectivity index (χ3v) is 5.23. The fourth-order valence-electron chi connectivity index (χ4n) is 3.79. The molecule has 6 heteroatoms. The van der Waals surface area contributed by atoms with E-state index in [9.17, 15) is 9.59 Å². The van der Waals surface area contributed by atoms with Crippen LogP contribution >= 0.6 is 0 Å². The summed E-state index contributed by atoms with van der Waals surface area (Å²) < 4.78 is 2.70. The third-order valence-electron chi connectivity index (χ3n) is 5.23. The van der Waals surface area contributed by atoms with Crippen LogP contribution in [0, 0.1) is 0 Å². The summed E-state index contributed by atoms with van der Waals surface area (Å²) >= 11 is 0. The Morgan fingerprint density at radius 3 is 2.33 bits per heavy atom. The molecule has 0 spiro atoms. The minimum Gasteiger partial charge on any atom is -0.384 e. The van der Waals surface area contributed by atoms with Crippen molar-refractivity contribution in [1.82, 2.24) is 14.1 Å². The van der Waals surface area contributed by atoms with Crippen LogP contribution in [0.3, 0.4) is 0 Å². The first kappa shape index (κ1) is 17.9. The summed E-state index contributed by atoms with van der Waals surface area (Å²) in [5, 5.41) is 2.41. The van der Waals surface area contributed by atoms with Crippen molar-refractivity contribution >= 4 is 27.6 Å². The van der Waals surface area contributed by atoms with E-state index in [0.29, 0.717) is 11.1 Å². The van der Waals surface area contributed by atoms with E-state index >= 15 is 0 Å². The van der Waals surface area contributed by atoms with Crippen molar-refractivity contribution in [3.63, 3.8) is 0 Å². The minimum absolute atomic E-state index is 0.159. The predicted molar refractivity (Wildman–Crippen MR) is 119 cm³/mol. The number of nitrogen functional groups attached to an aromatic ring is 1. The SMILES string of the molecule is Nc1ccc2c(=O)n(Cc3cccc4ccccc34)c(=O)n(-c3ccccc3)c2n1. The number of para-hydroxylation sites is 1. The summed E-state index contributed by atoms with van der Waals surface area (Å²) in [6.07, 6.45) is 0. The smallest absolute Gasteiger partial charge is 0.337 e. The fourth-order valence-corrected chi connectivity index (χ4v) is 3.79. The molecule has 0 saturated carbocycles. The number of rotatable bonds is 3. The average molecular weight is 394 g/mol. The van der Waals surface area contributed by atoms with Gasteiger partial charge in [0.25, 0.3) is 5.56 Å². The van der Waals surface area contributed by atoms with Gasteiger partial charge in [-0.3, -0.25) is 9.36 Å². The Bertz CT molecular complexity index is 1510. The first-order valence-corrected chi connectivity index (χ1v) is 9.57. The number of fused-ring (bicyclic) bond motifs is 2. The molecule has 2 N–H and O–H groups in total. The van der Waals surface area contributed by atoms with Gasteiger partial charge in [-0.1, -0.05) is 60.7 Å². The molecule has 0 aliphatic carbocycles. The van der Waals surface area contributed by atoms with Crippen LogP contribution in [0.1, 0.15) is 5.56 Å². The van der Waals surface area contributed by atoms with Gasteiger partial charge in [0.05, 0.1) is 17.6 Å². The second-order valence-corrected chi connectivity index (χ2v) is 7.09. The molecule has 0 radical (unpaired) electrons. The predicted octanol–water partition coefficient (Wildman–Crippen LogP) is 3.33. The Balaban J connectivity index is 1.82. The molecule has 5 rings (SSSR count). The van der Waals surface area contributed by atoms with Crippen molar-refractivity contribution in [3.05, 3.63) is 111 Å². The zero-order valence-corrected chi connectivity index (χ0v) is 16.0. The molecule has 5 aromatic rings. The topological polar surface area (TPSA) is 82.9 Å². The highest BCUT2D eigenvalue weighted by atomic mass is 16.2. The molecule has 2 aromatic heterocycles. The van der Waals surface area contributed by atoms with E-state index in [1.807, 2.05) is 60.7 Å². The Morgan fingerprint density at radius 1 is 0.767 bits per heavy atom.